The van der Waals surface area contributed by atoms with Gasteiger partial charge in [0, 0.05) is 0 Å². The van der Waals surface area contributed by atoms with Crippen LogP contribution >= 0.6 is 15.9 Å². The summed E-state index contributed by atoms with van der Waals surface area (Å²) in [5, 5.41) is 11.9. The van der Waals surface area contributed by atoms with Crippen molar-refractivity contribution in [2.24, 2.45) is 5.92 Å². The molecular formula is C14H20BrNO3. The Balaban J connectivity index is 2.50. The fraction of sp³-hybridized carbons (Fsp3) is 0.500. The van der Waals surface area contributed by atoms with Crippen LogP contribution in [0.15, 0.2) is 22.7 Å². The van der Waals surface area contributed by atoms with E-state index in [0.717, 1.165) is 10.0 Å². The molecule has 2 N–H and O–H groups in total. The summed E-state index contributed by atoms with van der Waals surface area (Å²) in [5.74, 6) is 0.575. The van der Waals surface area contributed by atoms with Gasteiger partial charge in [0.05, 0.1) is 17.1 Å². The summed E-state index contributed by atoms with van der Waals surface area (Å²) in [7, 11) is 0. The first-order chi connectivity index (χ1) is 8.93. The monoisotopic (exact) mass is 329 g/mol. The summed E-state index contributed by atoms with van der Waals surface area (Å²) >= 11 is 3.39. The van der Waals surface area contributed by atoms with Gasteiger partial charge in [-0.2, -0.15) is 0 Å². The Morgan fingerprint density at radius 1 is 1.47 bits per heavy atom. The van der Waals surface area contributed by atoms with Gasteiger partial charge in [-0.25, -0.2) is 0 Å². The molecule has 0 aromatic heterocycles. The third-order valence-corrected chi connectivity index (χ3v) is 3.41. The standard InChI is InChI=1S/C14H20BrNO3/c1-9(2)12(7-17)16-14(18)8-19-13-5-4-10(3)6-11(13)15/h4-6,9,12,17H,7-8H2,1-3H3,(H,16,18)/t12-/m1/s1. The first-order valence-electron chi connectivity index (χ1n) is 6.23. The molecule has 1 aromatic rings. The largest absolute Gasteiger partial charge is 0.483 e. The zero-order chi connectivity index (χ0) is 14.4. The number of nitrogens with one attached hydrogen (secondary N) is 1. The van der Waals surface area contributed by atoms with Crippen LogP contribution in [0.1, 0.15) is 19.4 Å². The number of aliphatic hydroxyl groups excluding tert-OH is 1. The van der Waals surface area contributed by atoms with Crippen LogP contribution in [-0.4, -0.2) is 30.3 Å². The summed E-state index contributed by atoms with van der Waals surface area (Å²) in [5.41, 5.74) is 1.11. The molecule has 0 fully saturated rings. The Kier molecular flexibility index (Phi) is 6.31. The molecule has 0 bridgehead atoms. The normalized spacial score (nSPS) is 12.3. The molecule has 1 amide bonds. The molecule has 0 saturated heterocycles. The molecule has 0 aliphatic heterocycles. The molecule has 1 atom stereocenters. The predicted octanol–water partition coefficient (Wildman–Crippen LogP) is 2.27. The average molecular weight is 330 g/mol. The molecule has 1 aromatic carbocycles. The SMILES string of the molecule is Cc1ccc(OCC(=O)N[C@H](CO)C(C)C)c(Br)c1. The van der Waals surface area contributed by atoms with E-state index < -0.39 is 0 Å². The molecule has 0 heterocycles. The smallest absolute Gasteiger partial charge is 0.258 e. The zero-order valence-corrected chi connectivity index (χ0v) is 13.0. The van der Waals surface area contributed by atoms with Crippen LogP contribution in [0.5, 0.6) is 5.75 Å². The minimum Gasteiger partial charge on any atom is -0.483 e. The van der Waals surface area contributed by atoms with Crippen LogP contribution in [0.3, 0.4) is 0 Å². The molecule has 1 rings (SSSR count). The van der Waals surface area contributed by atoms with Crippen LogP contribution in [0.2, 0.25) is 0 Å². The van der Waals surface area contributed by atoms with Gasteiger partial charge in [-0.3, -0.25) is 4.79 Å². The predicted molar refractivity (Wildman–Crippen MR) is 78.2 cm³/mol. The molecule has 106 valence electrons. The van der Waals surface area contributed by atoms with E-state index in [9.17, 15) is 4.79 Å². The van der Waals surface area contributed by atoms with Crippen LogP contribution in [0.25, 0.3) is 0 Å². The number of hydrogen-bond donors (Lipinski definition) is 2. The van der Waals surface area contributed by atoms with Crippen molar-refractivity contribution in [3.05, 3.63) is 28.2 Å². The fourth-order valence-corrected chi connectivity index (χ4v) is 2.15. The molecule has 0 spiro atoms. The molecule has 0 aliphatic carbocycles. The topological polar surface area (TPSA) is 58.6 Å². The Morgan fingerprint density at radius 3 is 2.68 bits per heavy atom. The summed E-state index contributed by atoms with van der Waals surface area (Å²) in [6, 6.07) is 5.43. The number of aliphatic hydroxyl groups is 1. The lowest BCUT2D eigenvalue weighted by molar-refractivity contribution is -0.124. The van der Waals surface area contributed by atoms with E-state index >= 15 is 0 Å². The number of carbonyl (C=O) groups excluding carboxylic acids is 1. The van der Waals surface area contributed by atoms with Crippen LogP contribution in [0.4, 0.5) is 0 Å². The van der Waals surface area contributed by atoms with Gasteiger partial charge in [-0.15, -0.1) is 0 Å². The minimum atomic E-state index is -0.238. The Morgan fingerprint density at radius 2 is 2.16 bits per heavy atom. The molecule has 0 radical (unpaired) electrons. The fourth-order valence-electron chi connectivity index (χ4n) is 1.54. The lowest BCUT2D eigenvalue weighted by atomic mass is 10.1. The second kappa shape index (κ2) is 7.50. The summed E-state index contributed by atoms with van der Waals surface area (Å²) in [4.78, 5) is 11.7. The second-order valence-electron chi connectivity index (χ2n) is 4.82. The third-order valence-electron chi connectivity index (χ3n) is 2.79. The molecule has 19 heavy (non-hydrogen) atoms. The van der Waals surface area contributed by atoms with Crippen LogP contribution in [0, 0.1) is 12.8 Å². The summed E-state index contributed by atoms with van der Waals surface area (Å²) < 4.78 is 6.26. The lowest BCUT2D eigenvalue weighted by Gasteiger charge is -2.20. The number of rotatable bonds is 6. The molecule has 5 heteroatoms. The van der Waals surface area contributed by atoms with Crippen LogP contribution < -0.4 is 10.1 Å². The average Bonchev–Trinajstić information content (AvgIpc) is 2.34. The molecular weight excluding hydrogens is 310 g/mol. The quantitative estimate of drug-likeness (QED) is 0.841. The maximum atomic E-state index is 11.7. The first-order valence-corrected chi connectivity index (χ1v) is 7.02. The maximum Gasteiger partial charge on any atom is 0.258 e. The Bertz CT molecular complexity index is 435. The maximum absolute atomic E-state index is 11.7. The van der Waals surface area contributed by atoms with Crippen molar-refractivity contribution >= 4 is 21.8 Å². The highest BCUT2D eigenvalue weighted by molar-refractivity contribution is 9.10. The molecule has 0 aliphatic rings. The van der Waals surface area contributed by atoms with Crippen molar-refractivity contribution in [1.29, 1.82) is 0 Å². The number of hydrogen-bond acceptors (Lipinski definition) is 3. The highest BCUT2D eigenvalue weighted by atomic mass is 79.9. The van der Waals surface area contributed by atoms with Crippen molar-refractivity contribution in [3.8, 4) is 5.75 Å². The van der Waals surface area contributed by atoms with E-state index in [1.54, 1.807) is 0 Å². The van der Waals surface area contributed by atoms with Gasteiger partial charge in [-0.05, 0) is 46.5 Å². The van der Waals surface area contributed by atoms with Gasteiger partial charge in [0.25, 0.3) is 5.91 Å². The number of ether oxygens (including phenoxy) is 1. The lowest BCUT2D eigenvalue weighted by Crippen LogP contribution is -2.43. The van der Waals surface area contributed by atoms with Gasteiger partial charge >= 0.3 is 0 Å². The van der Waals surface area contributed by atoms with E-state index in [0.29, 0.717) is 5.75 Å². The molecule has 0 unspecified atom stereocenters. The Labute approximate surface area is 122 Å². The Hall–Kier alpha value is -1.07. The number of benzene rings is 1. The van der Waals surface area contributed by atoms with Crippen molar-refractivity contribution in [1.82, 2.24) is 5.32 Å². The van der Waals surface area contributed by atoms with E-state index in [-0.39, 0.29) is 31.1 Å². The van der Waals surface area contributed by atoms with Gasteiger partial charge in [0.1, 0.15) is 5.75 Å². The molecule has 4 nitrogen and oxygen atoms in total. The van der Waals surface area contributed by atoms with Gasteiger partial charge < -0.3 is 15.2 Å². The summed E-state index contributed by atoms with van der Waals surface area (Å²) in [6.45, 7) is 5.73. The third kappa shape index (κ3) is 5.20. The van der Waals surface area contributed by atoms with E-state index in [1.165, 1.54) is 0 Å². The minimum absolute atomic E-state index is 0.0646. The first kappa shape index (κ1) is 16.0. The zero-order valence-electron chi connectivity index (χ0n) is 11.4. The number of halogens is 1. The molecule has 0 saturated carbocycles. The summed E-state index contributed by atoms with van der Waals surface area (Å²) in [6.07, 6.45) is 0. The second-order valence-corrected chi connectivity index (χ2v) is 5.68. The van der Waals surface area contributed by atoms with Gasteiger partial charge in [0.2, 0.25) is 0 Å². The van der Waals surface area contributed by atoms with Crippen molar-refractivity contribution in [3.63, 3.8) is 0 Å². The number of aryl methyl sites for hydroxylation is 1. The van der Waals surface area contributed by atoms with E-state index in [1.807, 2.05) is 39.0 Å². The van der Waals surface area contributed by atoms with Crippen LogP contribution in [-0.2, 0) is 4.79 Å². The van der Waals surface area contributed by atoms with Gasteiger partial charge in [-0.1, -0.05) is 19.9 Å². The van der Waals surface area contributed by atoms with Crippen molar-refractivity contribution in [2.45, 2.75) is 26.8 Å². The highest BCUT2D eigenvalue weighted by Gasteiger charge is 2.15. The number of carbonyl (C=O) groups is 1. The van der Waals surface area contributed by atoms with Crippen molar-refractivity contribution < 1.29 is 14.6 Å². The highest BCUT2D eigenvalue weighted by Crippen LogP contribution is 2.25. The van der Waals surface area contributed by atoms with Crippen molar-refractivity contribution in [2.75, 3.05) is 13.2 Å². The van der Waals surface area contributed by atoms with E-state index in [4.69, 9.17) is 9.84 Å². The van der Waals surface area contributed by atoms with Gasteiger partial charge in [0.15, 0.2) is 6.61 Å². The van der Waals surface area contributed by atoms with E-state index in [2.05, 4.69) is 21.2 Å². The number of amides is 1.